The van der Waals surface area contributed by atoms with Crippen molar-refractivity contribution in [2.24, 2.45) is 0 Å². The number of carbonyl (C=O) groups excluding carboxylic acids is 4. The summed E-state index contributed by atoms with van der Waals surface area (Å²) in [5.41, 5.74) is 0.621. The van der Waals surface area contributed by atoms with Crippen molar-refractivity contribution in [3.63, 3.8) is 0 Å². The second-order valence-corrected chi connectivity index (χ2v) is 10.8. The summed E-state index contributed by atoms with van der Waals surface area (Å²) in [7, 11) is 4.29. The minimum atomic E-state index is -5.19. The lowest BCUT2D eigenvalue weighted by atomic mass is 10.00. The highest BCUT2D eigenvalue weighted by atomic mass is 19.4. The number of benzene rings is 3. The summed E-state index contributed by atoms with van der Waals surface area (Å²) in [6, 6.07) is 10.3. The molecule has 0 spiro atoms. The third kappa shape index (κ3) is 7.60. The van der Waals surface area contributed by atoms with Crippen molar-refractivity contribution in [1.29, 1.82) is 0 Å². The number of carbonyl (C=O) groups is 5. The van der Waals surface area contributed by atoms with Gasteiger partial charge >= 0.3 is 18.1 Å². The highest BCUT2D eigenvalue weighted by Crippen LogP contribution is 2.39. The Morgan fingerprint density at radius 2 is 1.88 bits per heavy atom. The van der Waals surface area contributed by atoms with Crippen LogP contribution in [0.15, 0.2) is 48.5 Å². The van der Waals surface area contributed by atoms with Crippen LogP contribution in [-0.2, 0) is 25.7 Å². The first kappa shape index (κ1) is 35.5. The van der Waals surface area contributed by atoms with Gasteiger partial charge in [0.05, 0.1) is 43.1 Å². The zero-order valence-corrected chi connectivity index (χ0v) is 26.3. The molecule has 3 N–H and O–H groups in total. The molecule has 1 aliphatic rings. The smallest absolute Gasteiger partial charge is 0.490 e. The Kier molecular flexibility index (Phi) is 10.8. The van der Waals surface area contributed by atoms with Crippen molar-refractivity contribution in [3.8, 4) is 11.5 Å². The van der Waals surface area contributed by atoms with Crippen molar-refractivity contribution in [1.82, 2.24) is 15.5 Å². The van der Waals surface area contributed by atoms with Crippen LogP contribution in [0.1, 0.15) is 33.2 Å². The normalized spacial score (nSPS) is 15.1. The molecule has 3 aromatic rings. The number of amides is 3. The van der Waals surface area contributed by atoms with Gasteiger partial charge < -0.3 is 39.8 Å². The highest BCUT2D eigenvalue weighted by molar-refractivity contribution is 6.06. The topological polar surface area (TPSA) is 164 Å². The van der Waals surface area contributed by atoms with Crippen LogP contribution in [0.5, 0.6) is 11.5 Å². The number of para-hydroxylation sites is 1. The van der Waals surface area contributed by atoms with Crippen LogP contribution >= 0.6 is 0 Å². The van der Waals surface area contributed by atoms with E-state index < -0.39 is 54.5 Å². The van der Waals surface area contributed by atoms with Gasteiger partial charge in [-0.05, 0) is 55.1 Å². The summed E-state index contributed by atoms with van der Waals surface area (Å²) >= 11 is 0. The Morgan fingerprint density at radius 1 is 1.15 bits per heavy atom. The molecule has 3 aromatic carbocycles. The van der Waals surface area contributed by atoms with Crippen LogP contribution in [0.25, 0.3) is 10.8 Å². The van der Waals surface area contributed by atoms with Gasteiger partial charge in [-0.25, -0.2) is 9.59 Å². The van der Waals surface area contributed by atoms with Crippen molar-refractivity contribution in [2.45, 2.75) is 31.7 Å². The maximum Gasteiger partial charge on any atom is 0.490 e. The number of carboxylic acid groups (broad SMARTS) is 1. The van der Waals surface area contributed by atoms with Crippen LogP contribution in [0.3, 0.4) is 0 Å². The first-order valence-electron chi connectivity index (χ1n) is 14.5. The standard InChI is InChI=1S/C32H33F3N4O9/c1-17(36-2)27(40)37-23-16-48-26-21(28(41)38(3)12-13-47-31(45)32(33,34)35)6-5-7-24(26)39(29(23)42)15-22-20-10-8-19(30(43)44)14-18(20)9-11-25(22)46-4/h5-11,14,17,23,36H,12-13,15-16H2,1-4H3,(H,37,40)(H,43,44)/t17-,23-/m0/s1. The number of hydrogen-bond donors (Lipinski definition) is 3. The number of likely N-dealkylation sites (N-methyl/N-ethyl adjacent to an activating group) is 2. The number of aromatic carboxylic acids is 1. The Morgan fingerprint density at radius 3 is 2.52 bits per heavy atom. The van der Waals surface area contributed by atoms with Gasteiger partial charge in [-0.1, -0.05) is 18.2 Å². The third-order valence-corrected chi connectivity index (χ3v) is 7.73. The number of rotatable bonds is 11. The van der Waals surface area contributed by atoms with E-state index >= 15 is 0 Å². The number of nitrogens with one attached hydrogen (secondary N) is 2. The Hall–Kier alpha value is -5.38. The highest BCUT2D eigenvalue weighted by Gasteiger charge is 2.41. The lowest BCUT2D eigenvalue weighted by Crippen LogP contribution is -2.53. The number of esters is 1. The van der Waals surface area contributed by atoms with Gasteiger partial charge in [0.2, 0.25) is 5.91 Å². The molecule has 0 saturated carbocycles. The van der Waals surface area contributed by atoms with E-state index in [9.17, 15) is 42.3 Å². The third-order valence-electron chi connectivity index (χ3n) is 7.73. The number of alkyl halides is 3. The zero-order chi connectivity index (χ0) is 35.3. The Balaban J connectivity index is 1.77. The molecule has 256 valence electrons. The number of nitrogens with zero attached hydrogens (tertiary/aromatic N) is 2. The van der Waals surface area contributed by atoms with E-state index in [-0.39, 0.29) is 42.3 Å². The predicted octanol–water partition coefficient (Wildman–Crippen LogP) is 2.74. The van der Waals surface area contributed by atoms with E-state index in [0.29, 0.717) is 22.1 Å². The molecule has 0 aliphatic carbocycles. The summed E-state index contributed by atoms with van der Waals surface area (Å²) in [6.07, 6.45) is -5.19. The van der Waals surface area contributed by atoms with Gasteiger partial charge in [0.25, 0.3) is 11.8 Å². The predicted molar refractivity (Wildman–Crippen MR) is 165 cm³/mol. The molecule has 13 nitrogen and oxygen atoms in total. The lowest BCUT2D eigenvalue weighted by molar-refractivity contribution is -0.199. The van der Waals surface area contributed by atoms with Crippen LogP contribution < -0.4 is 25.0 Å². The molecule has 0 saturated heterocycles. The molecule has 0 fully saturated rings. The summed E-state index contributed by atoms with van der Waals surface area (Å²) in [4.78, 5) is 65.6. The SMILES string of the molecule is CN[C@@H](C)C(=O)N[C@H]1COc2c(C(=O)N(C)CCOC(=O)C(F)(F)F)cccc2N(Cc2c(OC)ccc3cc(C(=O)O)ccc23)C1=O. The van der Waals surface area contributed by atoms with E-state index in [1.165, 1.54) is 49.4 Å². The summed E-state index contributed by atoms with van der Waals surface area (Å²) in [5.74, 6) is -4.99. The second kappa shape index (κ2) is 14.6. The van der Waals surface area contributed by atoms with E-state index in [2.05, 4.69) is 15.4 Å². The van der Waals surface area contributed by atoms with Crippen LogP contribution in [0.4, 0.5) is 18.9 Å². The van der Waals surface area contributed by atoms with Crippen molar-refractivity contribution in [3.05, 3.63) is 65.2 Å². The van der Waals surface area contributed by atoms with E-state index in [0.717, 1.165) is 4.90 Å². The van der Waals surface area contributed by atoms with E-state index in [4.69, 9.17) is 9.47 Å². The lowest BCUT2D eigenvalue weighted by Gasteiger charge is -2.27. The first-order valence-corrected chi connectivity index (χ1v) is 14.5. The minimum absolute atomic E-state index is 0.0410. The van der Waals surface area contributed by atoms with E-state index in [1.807, 2.05) is 0 Å². The summed E-state index contributed by atoms with van der Waals surface area (Å²) < 4.78 is 53.5. The molecular weight excluding hydrogens is 641 g/mol. The largest absolute Gasteiger partial charge is 0.496 e. The average molecular weight is 675 g/mol. The number of carboxylic acids is 1. The molecule has 48 heavy (non-hydrogen) atoms. The number of fused-ring (bicyclic) bond motifs is 2. The fourth-order valence-electron chi connectivity index (χ4n) is 4.98. The molecule has 1 aliphatic heterocycles. The van der Waals surface area contributed by atoms with Crippen molar-refractivity contribution in [2.75, 3.05) is 45.9 Å². The molecule has 4 rings (SSSR count). The molecule has 16 heteroatoms. The number of ether oxygens (including phenoxy) is 3. The molecule has 2 atom stereocenters. The van der Waals surface area contributed by atoms with Gasteiger partial charge in [-0.2, -0.15) is 13.2 Å². The summed E-state index contributed by atoms with van der Waals surface area (Å²) in [5, 5.41) is 16.1. The monoisotopic (exact) mass is 674 g/mol. The molecule has 0 radical (unpaired) electrons. The number of anilines is 1. The van der Waals surface area contributed by atoms with Gasteiger partial charge in [-0.3, -0.25) is 14.4 Å². The molecule has 1 heterocycles. The van der Waals surface area contributed by atoms with Gasteiger partial charge in [0, 0.05) is 12.6 Å². The quantitative estimate of drug-likeness (QED) is 0.258. The fraction of sp³-hybridized carbons (Fsp3) is 0.344. The molecule has 0 aromatic heterocycles. The summed E-state index contributed by atoms with van der Waals surface area (Å²) in [6.45, 7) is -0.0788. The second-order valence-electron chi connectivity index (χ2n) is 10.8. The van der Waals surface area contributed by atoms with Crippen LogP contribution in [0, 0.1) is 0 Å². The van der Waals surface area contributed by atoms with E-state index in [1.54, 1.807) is 32.2 Å². The maximum absolute atomic E-state index is 14.2. The first-order chi connectivity index (χ1) is 22.7. The number of halogens is 3. The molecule has 3 amide bonds. The van der Waals surface area contributed by atoms with Crippen molar-refractivity contribution >= 4 is 46.1 Å². The van der Waals surface area contributed by atoms with Crippen LogP contribution in [-0.4, -0.2) is 98.9 Å². The van der Waals surface area contributed by atoms with Gasteiger partial charge in [-0.15, -0.1) is 0 Å². The van der Waals surface area contributed by atoms with Crippen LogP contribution in [0.2, 0.25) is 0 Å². The Bertz CT molecular complexity index is 1750. The number of methoxy groups -OCH3 is 1. The molecular formula is C32H33F3N4O9. The van der Waals surface area contributed by atoms with Gasteiger partial charge in [0.15, 0.2) is 5.75 Å². The minimum Gasteiger partial charge on any atom is -0.496 e. The maximum atomic E-state index is 14.2. The van der Waals surface area contributed by atoms with Crippen molar-refractivity contribution < 1.29 is 56.5 Å². The molecule has 0 unspecified atom stereocenters. The van der Waals surface area contributed by atoms with Gasteiger partial charge in [0.1, 0.15) is 25.0 Å². The number of hydrogen-bond acceptors (Lipinski definition) is 9. The fourth-order valence-corrected chi connectivity index (χ4v) is 4.98. The molecule has 0 bridgehead atoms. The average Bonchev–Trinajstić information content (AvgIpc) is 3.18. The Labute approximate surface area is 272 Å². The zero-order valence-electron chi connectivity index (χ0n) is 26.3.